The molecule has 0 unspecified atom stereocenters. The van der Waals surface area contributed by atoms with Crippen LogP contribution in [0.2, 0.25) is 0 Å². The van der Waals surface area contributed by atoms with Crippen LogP contribution < -0.4 is 10.0 Å². The molecular weight excluding hydrogens is 368 g/mol. The summed E-state index contributed by atoms with van der Waals surface area (Å²) in [5.41, 5.74) is 0.984. The first-order chi connectivity index (χ1) is 12.9. The number of hydrogen-bond donors (Lipinski definition) is 2. The number of amides is 1. The Labute approximate surface area is 158 Å². The maximum Gasteiger partial charge on any atom is 0.338 e. The van der Waals surface area contributed by atoms with Crippen LogP contribution in [0.15, 0.2) is 59.5 Å². The van der Waals surface area contributed by atoms with Gasteiger partial charge < -0.3 is 10.1 Å². The number of ether oxygens (including phenoxy) is 1. The van der Waals surface area contributed by atoms with Gasteiger partial charge in [-0.15, -0.1) is 0 Å². The van der Waals surface area contributed by atoms with Crippen molar-refractivity contribution in [2.45, 2.75) is 24.7 Å². The van der Waals surface area contributed by atoms with Gasteiger partial charge in [-0.3, -0.25) is 4.79 Å². The zero-order chi connectivity index (χ0) is 19.7. The third-order valence-corrected chi connectivity index (χ3v) is 5.08. The summed E-state index contributed by atoms with van der Waals surface area (Å²) in [7, 11) is -3.71. The summed E-state index contributed by atoms with van der Waals surface area (Å²) in [4.78, 5) is 23.5. The highest BCUT2D eigenvalue weighted by Gasteiger charge is 2.15. The van der Waals surface area contributed by atoms with Crippen LogP contribution in [0.1, 0.15) is 30.1 Å². The van der Waals surface area contributed by atoms with E-state index in [4.69, 9.17) is 4.74 Å². The fraction of sp³-hybridized carbons (Fsp3) is 0.263. The van der Waals surface area contributed by atoms with Gasteiger partial charge in [-0.05, 0) is 49.7 Å². The second-order valence-corrected chi connectivity index (χ2v) is 7.43. The molecule has 0 saturated heterocycles. The van der Waals surface area contributed by atoms with E-state index in [1.54, 1.807) is 19.1 Å². The number of nitrogens with one attached hydrogen (secondary N) is 2. The Morgan fingerprint density at radius 1 is 1.00 bits per heavy atom. The molecule has 0 fully saturated rings. The van der Waals surface area contributed by atoms with Gasteiger partial charge in [0.15, 0.2) is 0 Å². The van der Waals surface area contributed by atoms with Gasteiger partial charge in [0.2, 0.25) is 15.9 Å². The molecule has 0 aromatic heterocycles. The van der Waals surface area contributed by atoms with Crippen molar-refractivity contribution in [1.29, 1.82) is 0 Å². The second-order valence-electron chi connectivity index (χ2n) is 5.66. The Bertz CT molecular complexity index is 865. The molecule has 2 rings (SSSR count). The SMILES string of the molecule is CCOC(=O)c1ccc(S(=O)(=O)NCCCC(=O)Nc2ccccc2)cc1. The van der Waals surface area contributed by atoms with Gasteiger partial charge in [0.1, 0.15) is 0 Å². The highest BCUT2D eigenvalue weighted by molar-refractivity contribution is 7.89. The van der Waals surface area contributed by atoms with Crippen LogP contribution in [0, 0.1) is 0 Å². The van der Waals surface area contributed by atoms with E-state index in [1.165, 1.54) is 24.3 Å². The quantitative estimate of drug-likeness (QED) is 0.506. The van der Waals surface area contributed by atoms with Gasteiger partial charge in [0, 0.05) is 18.7 Å². The van der Waals surface area contributed by atoms with Crippen molar-refractivity contribution in [3.63, 3.8) is 0 Å². The molecule has 27 heavy (non-hydrogen) atoms. The van der Waals surface area contributed by atoms with E-state index in [1.807, 2.05) is 18.2 Å². The molecule has 0 spiro atoms. The Balaban J connectivity index is 1.80. The van der Waals surface area contributed by atoms with Crippen LogP contribution in [0.3, 0.4) is 0 Å². The number of anilines is 1. The van der Waals surface area contributed by atoms with Gasteiger partial charge in [0.05, 0.1) is 17.1 Å². The minimum atomic E-state index is -3.71. The van der Waals surface area contributed by atoms with Gasteiger partial charge in [-0.1, -0.05) is 18.2 Å². The highest BCUT2D eigenvalue weighted by atomic mass is 32.2. The first-order valence-corrected chi connectivity index (χ1v) is 10.0. The molecule has 0 saturated carbocycles. The molecule has 2 aromatic rings. The lowest BCUT2D eigenvalue weighted by atomic mass is 10.2. The van der Waals surface area contributed by atoms with Crippen LogP contribution in [-0.2, 0) is 19.6 Å². The van der Waals surface area contributed by atoms with Crippen LogP contribution in [0.4, 0.5) is 5.69 Å². The molecule has 0 atom stereocenters. The number of para-hydroxylation sites is 1. The Morgan fingerprint density at radius 3 is 2.30 bits per heavy atom. The zero-order valence-corrected chi connectivity index (χ0v) is 15.8. The van der Waals surface area contributed by atoms with Crippen molar-refractivity contribution in [1.82, 2.24) is 4.72 Å². The van der Waals surface area contributed by atoms with E-state index in [0.29, 0.717) is 12.1 Å². The van der Waals surface area contributed by atoms with Crippen molar-refractivity contribution in [3.8, 4) is 0 Å². The lowest BCUT2D eigenvalue weighted by Gasteiger charge is -2.08. The number of hydrogen-bond acceptors (Lipinski definition) is 5. The number of carbonyl (C=O) groups is 2. The third-order valence-electron chi connectivity index (χ3n) is 3.61. The summed E-state index contributed by atoms with van der Waals surface area (Å²) in [6, 6.07) is 14.5. The monoisotopic (exact) mass is 390 g/mol. The molecule has 7 nitrogen and oxygen atoms in total. The molecule has 144 valence electrons. The summed E-state index contributed by atoms with van der Waals surface area (Å²) in [5, 5.41) is 2.74. The molecule has 0 aliphatic rings. The summed E-state index contributed by atoms with van der Waals surface area (Å²) >= 11 is 0. The molecule has 1 amide bonds. The van der Waals surface area contributed by atoms with Gasteiger partial charge in [0.25, 0.3) is 0 Å². The predicted molar refractivity (Wildman–Crippen MR) is 102 cm³/mol. The lowest BCUT2D eigenvalue weighted by molar-refractivity contribution is -0.116. The van der Waals surface area contributed by atoms with Crippen molar-refractivity contribution in [2.24, 2.45) is 0 Å². The average Bonchev–Trinajstić information content (AvgIpc) is 2.66. The van der Waals surface area contributed by atoms with Crippen LogP contribution in [0.5, 0.6) is 0 Å². The highest BCUT2D eigenvalue weighted by Crippen LogP contribution is 2.12. The van der Waals surface area contributed by atoms with Crippen LogP contribution in [0.25, 0.3) is 0 Å². The summed E-state index contributed by atoms with van der Waals surface area (Å²) in [6.07, 6.45) is 0.554. The molecule has 0 bridgehead atoms. The van der Waals surface area contributed by atoms with E-state index in [2.05, 4.69) is 10.0 Å². The maximum atomic E-state index is 12.2. The van der Waals surface area contributed by atoms with Crippen LogP contribution in [-0.4, -0.2) is 33.4 Å². The van der Waals surface area contributed by atoms with Crippen molar-refractivity contribution < 1.29 is 22.7 Å². The molecule has 2 aromatic carbocycles. The molecule has 0 aliphatic carbocycles. The number of benzene rings is 2. The van der Waals surface area contributed by atoms with Gasteiger partial charge >= 0.3 is 5.97 Å². The minimum Gasteiger partial charge on any atom is -0.462 e. The van der Waals surface area contributed by atoms with E-state index < -0.39 is 16.0 Å². The standard InChI is InChI=1S/C19H22N2O5S/c1-2-26-19(23)15-10-12-17(13-11-15)27(24,25)20-14-6-9-18(22)21-16-7-4-3-5-8-16/h3-5,7-8,10-13,20H,2,6,9,14H2,1H3,(H,21,22). The maximum absolute atomic E-state index is 12.2. The predicted octanol–water partition coefficient (Wildman–Crippen LogP) is 2.56. The molecule has 8 heteroatoms. The summed E-state index contributed by atoms with van der Waals surface area (Å²) < 4.78 is 31.8. The number of esters is 1. The Morgan fingerprint density at radius 2 is 1.67 bits per heavy atom. The number of carbonyl (C=O) groups excluding carboxylic acids is 2. The van der Waals surface area contributed by atoms with Crippen LogP contribution >= 0.6 is 0 Å². The van der Waals surface area contributed by atoms with Gasteiger partial charge in [-0.2, -0.15) is 0 Å². The molecular formula is C19H22N2O5S. The van der Waals surface area contributed by atoms with E-state index in [9.17, 15) is 18.0 Å². The molecule has 2 N–H and O–H groups in total. The van der Waals surface area contributed by atoms with Gasteiger partial charge in [-0.25, -0.2) is 17.9 Å². The Hall–Kier alpha value is -2.71. The Kier molecular flexibility index (Phi) is 7.51. The fourth-order valence-corrected chi connectivity index (χ4v) is 3.34. The topological polar surface area (TPSA) is 102 Å². The first kappa shape index (κ1) is 20.6. The van der Waals surface area contributed by atoms with Crippen molar-refractivity contribution in [3.05, 3.63) is 60.2 Å². The third kappa shape index (κ3) is 6.50. The van der Waals surface area contributed by atoms with E-state index in [0.717, 1.165) is 0 Å². The molecule has 0 heterocycles. The van der Waals surface area contributed by atoms with Crippen molar-refractivity contribution in [2.75, 3.05) is 18.5 Å². The molecule has 0 aliphatic heterocycles. The first-order valence-electron chi connectivity index (χ1n) is 8.54. The second kappa shape index (κ2) is 9.84. The zero-order valence-electron chi connectivity index (χ0n) is 15.0. The minimum absolute atomic E-state index is 0.0456. The fourth-order valence-electron chi connectivity index (χ4n) is 2.27. The summed E-state index contributed by atoms with van der Waals surface area (Å²) in [5.74, 6) is -0.682. The largest absolute Gasteiger partial charge is 0.462 e. The average molecular weight is 390 g/mol. The van der Waals surface area contributed by atoms with E-state index in [-0.39, 0.29) is 35.9 Å². The number of sulfonamides is 1. The van der Waals surface area contributed by atoms with Crippen molar-refractivity contribution >= 4 is 27.6 Å². The lowest BCUT2D eigenvalue weighted by Crippen LogP contribution is -2.25. The normalized spacial score (nSPS) is 11.0. The van der Waals surface area contributed by atoms with E-state index >= 15 is 0 Å². The summed E-state index contributed by atoms with van der Waals surface area (Å²) in [6.45, 7) is 2.07. The molecule has 0 radical (unpaired) electrons. The smallest absolute Gasteiger partial charge is 0.338 e. The number of rotatable bonds is 9.